The van der Waals surface area contributed by atoms with Crippen molar-refractivity contribution in [3.05, 3.63) is 18.2 Å². The summed E-state index contributed by atoms with van der Waals surface area (Å²) >= 11 is 0. The van der Waals surface area contributed by atoms with Gasteiger partial charge in [0.25, 0.3) is 0 Å². The Labute approximate surface area is 84.1 Å². The van der Waals surface area contributed by atoms with E-state index in [0.29, 0.717) is 0 Å². The van der Waals surface area contributed by atoms with Crippen molar-refractivity contribution in [3.8, 4) is 0 Å². The summed E-state index contributed by atoms with van der Waals surface area (Å²) in [5.74, 6) is -0.303. The number of nitrogens with zero attached hydrogens (tertiary/aromatic N) is 2. The maximum absolute atomic E-state index is 10.7. The Hall–Kier alpha value is -1.32. The summed E-state index contributed by atoms with van der Waals surface area (Å²) in [7, 11) is 0. The molecule has 0 aliphatic heterocycles. The maximum Gasteiger partial charge on any atom is 0.223 e. The molecule has 14 heavy (non-hydrogen) atoms. The van der Waals surface area contributed by atoms with Crippen molar-refractivity contribution in [2.45, 2.75) is 39.2 Å². The first kappa shape index (κ1) is 10.8. The van der Waals surface area contributed by atoms with Gasteiger partial charge in [-0.05, 0) is 6.42 Å². The first-order valence-corrected chi connectivity index (χ1v) is 5.01. The fourth-order valence-electron chi connectivity index (χ4n) is 1.41. The van der Waals surface area contributed by atoms with Gasteiger partial charge >= 0.3 is 0 Å². The molecule has 0 unspecified atom stereocenters. The zero-order valence-electron chi connectivity index (χ0n) is 8.57. The number of carbonyl (C=O) groups is 1. The number of imidazole rings is 1. The molecule has 0 saturated carbocycles. The van der Waals surface area contributed by atoms with Gasteiger partial charge in [0.1, 0.15) is 0 Å². The minimum absolute atomic E-state index is 0.284. The highest BCUT2D eigenvalue weighted by atomic mass is 16.1. The smallest absolute Gasteiger partial charge is 0.223 e. The number of hydrogen-bond donors (Lipinski definition) is 1. The van der Waals surface area contributed by atoms with Gasteiger partial charge in [-0.1, -0.05) is 19.8 Å². The van der Waals surface area contributed by atoms with Crippen LogP contribution in [0.5, 0.6) is 0 Å². The van der Waals surface area contributed by atoms with Crippen LogP contribution in [-0.2, 0) is 17.8 Å². The standard InChI is InChI=1S/C10H17N3O/c1-2-3-4-5-13-8-12-7-9(13)6-10(11)14/h7-8H,2-6H2,1H3,(H2,11,14). The molecule has 1 amide bonds. The Bertz CT molecular complexity index is 293. The highest BCUT2D eigenvalue weighted by Gasteiger charge is 2.04. The molecule has 4 nitrogen and oxygen atoms in total. The molecule has 4 heteroatoms. The third-order valence-corrected chi connectivity index (χ3v) is 2.16. The highest BCUT2D eigenvalue weighted by molar-refractivity contribution is 5.76. The molecule has 0 spiro atoms. The van der Waals surface area contributed by atoms with Gasteiger partial charge in [0.15, 0.2) is 0 Å². The van der Waals surface area contributed by atoms with E-state index in [1.807, 2.05) is 4.57 Å². The van der Waals surface area contributed by atoms with E-state index in [-0.39, 0.29) is 12.3 Å². The Balaban J connectivity index is 2.49. The highest BCUT2D eigenvalue weighted by Crippen LogP contribution is 2.04. The van der Waals surface area contributed by atoms with Crippen LogP contribution in [0, 0.1) is 0 Å². The first-order chi connectivity index (χ1) is 6.74. The van der Waals surface area contributed by atoms with Crippen LogP contribution in [0.2, 0.25) is 0 Å². The van der Waals surface area contributed by atoms with Crippen LogP contribution in [0.3, 0.4) is 0 Å². The summed E-state index contributed by atoms with van der Waals surface area (Å²) in [4.78, 5) is 14.7. The normalized spacial score (nSPS) is 10.4. The van der Waals surface area contributed by atoms with E-state index in [1.54, 1.807) is 12.5 Å². The van der Waals surface area contributed by atoms with E-state index < -0.39 is 0 Å². The lowest BCUT2D eigenvalue weighted by molar-refractivity contribution is -0.117. The molecule has 0 aliphatic carbocycles. The van der Waals surface area contributed by atoms with Gasteiger partial charge in [-0.2, -0.15) is 0 Å². The van der Waals surface area contributed by atoms with E-state index in [4.69, 9.17) is 5.73 Å². The summed E-state index contributed by atoms with van der Waals surface area (Å²) in [5.41, 5.74) is 6.04. The fourth-order valence-corrected chi connectivity index (χ4v) is 1.41. The lowest BCUT2D eigenvalue weighted by Crippen LogP contribution is -2.16. The number of hydrogen-bond acceptors (Lipinski definition) is 2. The molecule has 1 aromatic heterocycles. The van der Waals surface area contributed by atoms with E-state index in [0.717, 1.165) is 18.7 Å². The molecule has 0 atom stereocenters. The topological polar surface area (TPSA) is 60.9 Å². The number of aromatic nitrogens is 2. The van der Waals surface area contributed by atoms with Crippen molar-refractivity contribution in [1.29, 1.82) is 0 Å². The maximum atomic E-state index is 10.7. The molecule has 0 bridgehead atoms. The van der Waals surface area contributed by atoms with E-state index in [9.17, 15) is 4.79 Å². The molecule has 1 heterocycles. The zero-order chi connectivity index (χ0) is 10.4. The first-order valence-electron chi connectivity index (χ1n) is 5.01. The molecular weight excluding hydrogens is 178 g/mol. The Morgan fingerprint density at radius 2 is 2.36 bits per heavy atom. The van der Waals surface area contributed by atoms with Crippen LogP contribution in [-0.4, -0.2) is 15.5 Å². The van der Waals surface area contributed by atoms with Gasteiger partial charge in [0, 0.05) is 18.4 Å². The minimum Gasteiger partial charge on any atom is -0.369 e. The third-order valence-electron chi connectivity index (χ3n) is 2.16. The van der Waals surface area contributed by atoms with Crippen LogP contribution in [0.1, 0.15) is 31.9 Å². The SMILES string of the molecule is CCCCCn1cncc1CC(N)=O. The summed E-state index contributed by atoms with van der Waals surface area (Å²) in [6.45, 7) is 3.09. The van der Waals surface area contributed by atoms with E-state index >= 15 is 0 Å². The van der Waals surface area contributed by atoms with Crippen LogP contribution >= 0.6 is 0 Å². The summed E-state index contributed by atoms with van der Waals surface area (Å²) in [5, 5.41) is 0. The van der Waals surface area contributed by atoms with Gasteiger partial charge in [-0.25, -0.2) is 4.98 Å². The molecule has 0 fully saturated rings. The van der Waals surface area contributed by atoms with Gasteiger partial charge in [0.05, 0.1) is 12.7 Å². The number of unbranched alkanes of at least 4 members (excludes halogenated alkanes) is 2. The fraction of sp³-hybridized carbons (Fsp3) is 0.600. The minimum atomic E-state index is -0.303. The molecule has 2 N–H and O–H groups in total. The molecule has 78 valence electrons. The molecule has 0 aromatic carbocycles. The molecular formula is C10H17N3O. The number of amides is 1. The van der Waals surface area contributed by atoms with Crippen LogP contribution in [0.25, 0.3) is 0 Å². The predicted molar refractivity (Wildman–Crippen MR) is 54.7 cm³/mol. The molecule has 1 aromatic rings. The second kappa shape index (κ2) is 5.42. The number of aryl methyl sites for hydroxylation is 1. The lowest BCUT2D eigenvalue weighted by Gasteiger charge is -2.05. The van der Waals surface area contributed by atoms with E-state index in [2.05, 4.69) is 11.9 Å². The van der Waals surface area contributed by atoms with Gasteiger partial charge in [-0.15, -0.1) is 0 Å². The van der Waals surface area contributed by atoms with Crippen molar-refractivity contribution in [2.24, 2.45) is 5.73 Å². The Morgan fingerprint density at radius 1 is 1.57 bits per heavy atom. The van der Waals surface area contributed by atoms with Crippen molar-refractivity contribution < 1.29 is 4.79 Å². The van der Waals surface area contributed by atoms with Crippen molar-refractivity contribution >= 4 is 5.91 Å². The van der Waals surface area contributed by atoms with Gasteiger partial charge in [-0.3, -0.25) is 4.79 Å². The number of nitrogens with two attached hydrogens (primary N) is 1. The van der Waals surface area contributed by atoms with Crippen molar-refractivity contribution in [1.82, 2.24) is 9.55 Å². The van der Waals surface area contributed by atoms with Crippen LogP contribution in [0.15, 0.2) is 12.5 Å². The lowest BCUT2D eigenvalue weighted by atomic mass is 10.2. The van der Waals surface area contributed by atoms with Crippen LogP contribution < -0.4 is 5.73 Å². The zero-order valence-corrected chi connectivity index (χ0v) is 8.57. The van der Waals surface area contributed by atoms with E-state index in [1.165, 1.54) is 12.8 Å². The molecule has 0 saturated heterocycles. The Morgan fingerprint density at radius 3 is 3.00 bits per heavy atom. The summed E-state index contributed by atoms with van der Waals surface area (Å²) < 4.78 is 2.00. The summed E-state index contributed by atoms with van der Waals surface area (Å²) in [6, 6.07) is 0. The largest absolute Gasteiger partial charge is 0.369 e. The second-order valence-electron chi connectivity index (χ2n) is 3.43. The number of carbonyl (C=O) groups excluding carboxylic acids is 1. The van der Waals surface area contributed by atoms with Crippen molar-refractivity contribution in [3.63, 3.8) is 0 Å². The van der Waals surface area contributed by atoms with Gasteiger partial charge < -0.3 is 10.3 Å². The van der Waals surface area contributed by atoms with Crippen LogP contribution in [0.4, 0.5) is 0 Å². The molecule has 0 radical (unpaired) electrons. The Kier molecular flexibility index (Phi) is 4.16. The number of rotatable bonds is 6. The number of primary amides is 1. The summed E-state index contributed by atoms with van der Waals surface area (Å²) in [6.07, 6.45) is 7.27. The quantitative estimate of drug-likeness (QED) is 0.691. The van der Waals surface area contributed by atoms with Crippen molar-refractivity contribution in [2.75, 3.05) is 0 Å². The average Bonchev–Trinajstić information content (AvgIpc) is 2.52. The average molecular weight is 195 g/mol. The molecule has 1 rings (SSSR count). The predicted octanol–water partition coefficient (Wildman–Crippen LogP) is 1.10. The monoisotopic (exact) mass is 195 g/mol. The molecule has 0 aliphatic rings. The van der Waals surface area contributed by atoms with Gasteiger partial charge in [0.2, 0.25) is 5.91 Å². The third kappa shape index (κ3) is 3.20. The second-order valence-corrected chi connectivity index (χ2v) is 3.43.